The van der Waals surface area contributed by atoms with E-state index in [0.29, 0.717) is 5.69 Å². The first kappa shape index (κ1) is 15.1. The summed E-state index contributed by atoms with van der Waals surface area (Å²) in [6, 6.07) is 8.77. The molecule has 0 aliphatic carbocycles. The molecule has 0 saturated heterocycles. The van der Waals surface area contributed by atoms with Gasteiger partial charge in [-0.2, -0.15) is 5.10 Å². The van der Waals surface area contributed by atoms with Gasteiger partial charge in [-0.1, -0.05) is 44.2 Å². The Morgan fingerprint density at radius 3 is 2.57 bits per heavy atom. The number of carbonyl (C=O) groups excluding carboxylic acids is 1. The molecule has 0 aliphatic heterocycles. The van der Waals surface area contributed by atoms with Crippen molar-refractivity contribution in [3.05, 3.63) is 47.3 Å². The molecule has 5 N–H and O–H groups in total. The summed E-state index contributed by atoms with van der Waals surface area (Å²) in [5.74, 6) is -0.250. The standard InChI is InChI=1S/C15H20N4O2/c1-9(2)13-12(16)14(19-18-13)15(21)17-11(8-20)10-6-4-3-5-7-10/h3-7,9,11,20H,8,16H2,1-2H3,(H,17,21)(H,18,19). The van der Waals surface area contributed by atoms with Crippen molar-refractivity contribution in [1.82, 2.24) is 15.5 Å². The van der Waals surface area contributed by atoms with E-state index >= 15 is 0 Å². The predicted molar refractivity (Wildman–Crippen MR) is 80.8 cm³/mol. The molecule has 1 unspecified atom stereocenters. The van der Waals surface area contributed by atoms with E-state index < -0.39 is 11.9 Å². The van der Waals surface area contributed by atoms with E-state index in [4.69, 9.17) is 5.73 Å². The summed E-state index contributed by atoms with van der Waals surface area (Å²) in [6.07, 6.45) is 0. The molecule has 112 valence electrons. The SMILES string of the molecule is CC(C)c1[nH]nc(C(=O)NC(CO)c2ccccc2)c1N. The number of H-pyrrole nitrogens is 1. The number of rotatable bonds is 5. The highest BCUT2D eigenvalue weighted by Crippen LogP contribution is 2.22. The van der Waals surface area contributed by atoms with Crippen LogP contribution >= 0.6 is 0 Å². The van der Waals surface area contributed by atoms with Crippen molar-refractivity contribution in [2.45, 2.75) is 25.8 Å². The molecule has 2 aromatic rings. The lowest BCUT2D eigenvalue weighted by atomic mass is 10.1. The maximum absolute atomic E-state index is 12.3. The van der Waals surface area contributed by atoms with Crippen LogP contribution in [0.25, 0.3) is 0 Å². The predicted octanol–water partition coefficient (Wildman–Crippen LogP) is 1.58. The Balaban J connectivity index is 2.17. The molecule has 2 rings (SSSR count). The topological polar surface area (TPSA) is 104 Å². The van der Waals surface area contributed by atoms with Gasteiger partial charge in [-0.15, -0.1) is 0 Å². The molecule has 0 saturated carbocycles. The number of nitrogen functional groups attached to an aromatic ring is 1. The maximum Gasteiger partial charge on any atom is 0.274 e. The zero-order valence-corrected chi connectivity index (χ0v) is 12.1. The van der Waals surface area contributed by atoms with Crippen LogP contribution in [0.3, 0.4) is 0 Å². The fourth-order valence-corrected chi connectivity index (χ4v) is 2.12. The Bertz CT molecular complexity index is 607. The van der Waals surface area contributed by atoms with E-state index in [9.17, 15) is 9.90 Å². The second-order valence-corrected chi connectivity index (χ2v) is 5.17. The average molecular weight is 288 g/mol. The second-order valence-electron chi connectivity index (χ2n) is 5.17. The van der Waals surface area contributed by atoms with Crippen LogP contribution in [0, 0.1) is 0 Å². The number of aromatic nitrogens is 2. The number of aliphatic hydroxyl groups is 1. The molecule has 1 aromatic heterocycles. The van der Waals surface area contributed by atoms with Crippen molar-refractivity contribution < 1.29 is 9.90 Å². The van der Waals surface area contributed by atoms with E-state index in [1.807, 2.05) is 44.2 Å². The summed E-state index contributed by atoms with van der Waals surface area (Å²) in [7, 11) is 0. The van der Waals surface area contributed by atoms with E-state index in [1.165, 1.54) is 0 Å². The first-order chi connectivity index (χ1) is 10.0. The number of hydrogen-bond donors (Lipinski definition) is 4. The molecule has 1 heterocycles. The highest BCUT2D eigenvalue weighted by atomic mass is 16.3. The molecule has 0 aliphatic rings. The van der Waals surface area contributed by atoms with Crippen LogP contribution in [0.15, 0.2) is 30.3 Å². The van der Waals surface area contributed by atoms with E-state index in [1.54, 1.807) is 0 Å². The van der Waals surface area contributed by atoms with Gasteiger partial charge in [-0.3, -0.25) is 9.89 Å². The van der Waals surface area contributed by atoms with Gasteiger partial charge < -0.3 is 16.2 Å². The number of benzene rings is 1. The van der Waals surface area contributed by atoms with Gasteiger partial charge in [-0.05, 0) is 11.5 Å². The summed E-state index contributed by atoms with van der Waals surface area (Å²) in [6.45, 7) is 3.73. The third-order valence-corrected chi connectivity index (χ3v) is 3.32. The highest BCUT2D eigenvalue weighted by Gasteiger charge is 2.21. The van der Waals surface area contributed by atoms with Crippen molar-refractivity contribution in [1.29, 1.82) is 0 Å². The molecule has 1 aromatic carbocycles. The zero-order valence-electron chi connectivity index (χ0n) is 12.1. The lowest BCUT2D eigenvalue weighted by Crippen LogP contribution is -2.31. The van der Waals surface area contributed by atoms with Crippen LogP contribution in [0.1, 0.15) is 47.6 Å². The Labute approximate surface area is 123 Å². The maximum atomic E-state index is 12.3. The van der Waals surface area contributed by atoms with Gasteiger partial charge in [-0.25, -0.2) is 0 Å². The summed E-state index contributed by atoms with van der Waals surface area (Å²) in [4.78, 5) is 12.3. The van der Waals surface area contributed by atoms with Crippen LogP contribution in [0.5, 0.6) is 0 Å². The largest absolute Gasteiger partial charge is 0.395 e. The summed E-state index contributed by atoms with van der Waals surface area (Å²) < 4.78 is 0. The molecule has 0 bridgehead atoms. The number of aliphatic hydroxyl groups excluding tert-OH is 1. The van der Waals surface area contributed by atoms with Gasteiger partial charge >= 0.3 is 0 Å². The fourth-order valence-electron chi connectivity index (χ4n) is 2.12. The Hall–Kier alpha value is -2.34. The molecular formula is C15H20N4O2. The first-order valence-electron chi connectivity index (χ1n) is 6.85. The van der Waals surface area contributed by atoms with E-state index in [-0.39, 0.29) is 18.2 Å². The number of nitrogens with two attached hydrogens (primary N) is 1. The summed E-state index contributed by atoms with van der Waals surface area (Å²) in [5, 5.41) is 19.0. The number of anilines is 1. The number of hydrogen-bond acceptors (Lipinski definition) is 4. The number of carbonyl (C=O) groups is 1. The van der Waals surface area contributed by atoms with E-state index in [2.05, 4.69) is 15.5 Å². The van der Waals surface area contributed by atoms with Gasteiger partial charge in [0.15, 0.2) is 5.69 Å². The van der Waals surface area contributed by atoms with Crippen LogP contribution < -0.4 is 11.1 Å². The Kier molecular flexibility index (Phi) is 4.59. The minimum atomic E-state index is -0.489. The Morgan fingerprint density at radius 1 is 1.38 bits per heavy atom. The quantitative estimate of drug-likeness (QED) is 0.670. The third kappa shape index (κ3) is 3.22. The van der Waals surface area contributed by atoms with Crippen molar-refractivity contribution in [2.24, 2.45) is 0 Å². The molecule has 0 fully saturated rings. The number of aromatic amines is 1. The van der Waals surface area contributed by atoms with Crippen molar-refractivity contribution in [3.8, 4) is 0 Å². The fraction of sp³-hybridized carbons (Fsp3) is 0.333. The minimum absolute atomic E-state index is 0.154. The third-order valence-electron chi connectivity index (χ3n) is 3.32. The van der Waals surface area contributed by atoms with Crippen LogP contribution in [-0.2, 0) is 0 Å². The van der Waals surface area contributed by atoms with Crippen molar-refractivity contribution >= 4 is 11.6 Å². The molecule has 0 radical (unpaired) electrons. The molecule has 1 amide bonds. The molecule has 6 heteroatoms. The second kappa shape index (κ2) is 6.41. The normalized spacial score (nSPS) is 12.4. The summed E-state index contributed by atoms with van der Waals surface area (Å²) >= 11 is 0. The molecule has 0 spiro atoms. The minimum Gasteiger partial charge on any atom is -0.395 e. The van der Waals surface area contributed by atoms with Gasteiger partial charge in [0.05, 0.1) is 24.0 Å². The van der Waals surface area contributed by atoms with Gasteiger partial charge in [0.1, 0.15) is 0 Å². The van der Waals surface area contributed by atoms with Gasteiger partial charge in [0.2, 0.25) is 0 Å². The lowest BCUT2D eigenvalue weighted by Gasteiger charge is -2.16. The van der Waals surface area contributed by atoms with Crippen molar-refractivity contribution in [3.63, 3.8) is 0 Å². The first-order valence-corrected chi connectivity index (χ1v) is 6.85. The average Bonchev–Trinajstić information content (AvgIpc) is 2.87. The van der Waals surface area contributed by atoms with Crippen LogP contribution in [-0.4, -0.2) is 27.8 Å². The smallest absolute Gasteiger partial charge is 0.274 e. The van der Waals surface area contributed by atoms with Crippen molar-refractivity contribution in [2.75, 3.05) is 12.3 Å². The number of nitrogens with one attached hydrogen (secondary N) is 2. The van der Waals surface area contributed by atoms with E-state index in [0.717, 1.165) is 11.3 Å². The zero-order chi connectivity index (χ0) is 15.4. The summed E-state index contributed by atoms with van der Waals surface area (Å²) in [5.41, 5.74) is 8.02. The molecular weight excluding hydrogens is 268 g/mol. The van der Waals surface area contributed by atoms with Gasteiger partial charge in [0.25, 0.3) is 5.91 Å². The molecule has 1 atom stereocenters. The molecule has 6 nitrogen and oxygen atoms in total. The molecule has 21 heavy (non-hydrogen) atoms. The highest BCUT2D eigenvalue weighted by molar-refractivity contribution is 5.97. The monoisotopic (exact) mass is 288 g/mol. The Morgan fingerprint density at radius 2 is 2.05 bits per heavy atom. The number of amides is 1. The lowest BCUT2D eigenvalue weighted by molar-refractivity contribution is 0.0912. The number of nitrogens with zero attached hydrogens (tertiary/aromatic N) is 1. The van der Waals surface area contributed by atoms with Crippen LogP contribution in [0.2, 0.25) is 0 Å². The van der Waals surface area contributed by atoms with Crippen LogP contribution in [0.4, 0.5) is 5.69 Å². The van der Waals surface area contributed by atoms with Gasteiger partial charge in [0, 0.05) is 0 Å².